The molecule has 1 aliphatic rings. The minimum absolute atomic E-state index is 0.0208. The van der Waals surface area contributed by atoms with Crippen molar-refractivity contribution in [2.45, 2.75) is 70.7 Å². The third-order valence-electron chi connectivity index (χ3n) is 6.04. The van der Waals surface area contributed by atoms with Crippen molar-refractivity contribution in [1.82, 2.24) is 19.1 Å². The molecule has 2 rings (SSSR count). The molecule has 14 nitrogen and oxygen atoms in total. The number of H-pyrrole nitrogens is 1. The van der Waals surface area contributed by atoms with Crippen molar-refractivity contribution in [3.05, 3.63) is 45.0 Å². The smallest absolute Gasteiger partial charge is 0.353 e. The fraction of sp³-hybridized carbons (Fsp3) is 0.720. The maximum Gasteiger partial charge on any atom is 0.353 e. The molecule has 0 amide bonds. The van der Waals surface area contributed by atoms with Crippen LogP contribution >= 0.6 is 16.1 Å². The number of ether oxygens (including phenoxy) is 2. The van der Waals surface area contributed by atoms with Gasteiger partial charge < -0.3 is 32.5 Å². The normalized spacial score (nSPS) is 22.4. The highest BCUT2D eigenvalue weighted by Gasteiger charge is 2.49. The Kier molecular flexibility index (Phi) is 14.5. The van der Waals surface area contributed by atoms with E-state index in [1.165, 1.54) is 42.9 Å². The number of aromatic nitrogens is 2. The monoisotopic (exact) mass is 619 g/mol. The molecule has 0 radical (unpaired) electrons. The highest BCUT2D eigenvalue weighted by molar-refractivity contribution is 7.57. The molecule has 0 aromatic carbocycles. The summed E-state index contributed by atoms with van der Waals surface area (Å²) < 4.78 is 51.6. The van der Waals surface area contributed by atoms with Gasteiger partial charge in [0.05, 0.1) is 25.7 Å². The molecular weight excluding hydrogens is 576 g/mol. The van der Waals surface area contributed by atoms with Crippen molar-refractivity contribution < 1.29 is 32.1 Å². The molecule has 16 heteroatoms. The number of nitriles is 1. The molecule has 1 fully saturated rings. The molecule has 232 valence electrons. The van der Waals surface area contributed by atoms with Crippen LogP contribution in [0.25, 0.3) is 0 Å². The molecule has 0 aliphatic carbocycles. The zero-order valence-corrected chi connectivity index (χ0v) is 26.7. The van der Waals surface area contributed by atoms with Gasteiger partial charge in [0, 0.05) is 50.9 Å². The van der Waals surface area contributed by atoms with Gasteiger partial charge >= 0.3 is 13.3 Å². The Labute approximate surface area is 242 Å². The highest BCUT2D eigenvalue weighted by atomic mass is 31.2. The predicted molar refractivity (Wildman–Crippen MR) is 154 cm³/mol. The summed E-state index contributed by atoms with van der Waals surface area (Å²) in [7, 11) is 0.993. The van der Waals surface area contributed by atoms with Gasteiger partial charge in [0.25, 0.3) is 14.1 Å². The van der Waals surface area contributed by atoms with Crippen molar-refractivity contribution in [3.63, 3.8) is 0 Å². The number of hydrogen-bond acceptors (Lipinski definition) is 12. The summed E-state index contributed by atoms with van der Waals surface area (Å²) in [5.41, 5.74) is -1.25. The van der Waals surface area contributed by atoms with Crippen LogP contribution in [0, 0.1) is 11.3 Å². The first-order chi connectivity index (χ1) is 19.4. The Balaban J connectivity index is 2.63. The van der Waals surface area contributed by atoms with E-state index in [4.69, 9.17) is 32.8 Å². The second kappa shape index (κ2) is 16.8. The lowest BCUT2D eigenvalue weighted by atomic mass is 10.1. The van der Waals surface area contributed by atoms with E-state index in [0.717, 1.165) is 0 Å². The Morgan fingerprint density at radius 2 is 1.83 bits per heavy atom. The maximum absolute atomic E-state index is 12.9. The van der Waals surface area contributed by atoms with Crippen molar-refractivity contribution in [2.24, 2.45) is 0 Å². The van der Waals surface area contributed by atoms with Gasteiger partial charge in [-0.1, -0.05) is 0 Å². The van der Waals surface area contributed by atoms with E-state index in [-0.39, 0.29) is 31.7 Å². The first-order valence-electron chi connectivity index (χ1n) is 13.3. The zero-order chi connectivity index (χ0) is 30.7. The average molecular weight is 620 g/mol. The van der Waals surface area contributed by atoms with E-state index in [0.29, 0.717) is 6.54 Å². The van der Waals surface area contributed by atoms with Gasteiger partial charge in [-0.05, 0) is 47.9 Å². The third kappa shape index (κ3) is 10.2. The van der Waals surface area contributed by atoms with E-state index < -0.39 is 51.9 Å². The number of nitrogens with one attached hydrogen (secondary N) is 1. The van der Waals surface area contributed by atoms with Crippen LogP contribution in [0.3, 0.4) is 0 Å². The van der Waals surface area contributed by atoms with Gasteiger partial charge in [0.15, 0.2) is 6.23 Å². The van der Waals surface area contributed by atoms with Crippen molar-refractivity contribution in [2.75, 3.05) is 48.1 Å². The Morgan fingerprint density at radius 3 is 2.37 bits per heavy atom. The van der Waals surface area contributed by atoms with Crippen molar-refractivity contribution >= 4 is 16.1 Å². The number of nitrogens with zero attached hydrogens (tertiary/aromatic N) is 4. The van der Waals surface area contributed by atoms with E-state index in [1.807, 2.05) is 46.7 Å². The summed E-state index contributed by atoms with van der Waals surface area (Å²) in [5.74, 6) is 1.27. The van der Waals surface area contributed by atoms with Crippen LogP contribution in [0.15, 0.2) is 33.7 Å². The molecule has 1 aromatic heterocycles. The lowest BCUT2D eigenvalue weighted by molar-refractivity contribution is -0.0691. The first-order valence-corrected chi connectivity index (χ1v) is 16.0. The van der Waals surface area contributed by atoms with Crippen molar-refractivity contribution in [3.8, 4) is 6.07 Å². The average Bonchev–Trinajstić information content (AvgIpc) is 3.23. The minimum Gasteiger partial charge on any atom is -0.369 e. The number of aromatic amines is 1. The second-order valence-electron chi connectivity index (χ2n) is 10.0. The molecule has 1 unspecified atom stereocenters. The Hall–Kier alpha value is -1.75. The van der Waals surface area contributed by atoms with Gasteiger partial charge in [-0.2, -0.15) is 5.26 Å². The largest absolute Gasteiger partial charge is 0.369 e. The predicted octanol–water partition coefficient (Wildman–Crippen LogP) is 3.04. The van der Waals surface area contributed by atoms with E-state index in [1.54, 1.807) is 0 Å². The Morgan fingerprint density at radius 1 is 1.17 bits per heavy atom. The topological polar surface area (TPSA) is 158 Å². The zero-order valence-electron chi connectivity index (χ0n) is 25.0. The summed E-state index contributed by atoms with van der Waals surface area (Å²) in [5, 5.41) is 9.11. The van der Waals surface area contributed by atoms with Crippen LogP contribution in [-0.4, -0.2) is 97.6 Å². The van der Waals surface area contributed by atoms with Crippen LogP contribution < -0.4 is 11.2 Å². The third-order valence-corrected chi connectivity index (χ3v) is 9.72. The maximum atomic E-state index is 12.9. The van der Waals surface area contributed by atoms with Crippen LogP contribution in [0.2, 0.25) is 0 Å². The molecule has 1 aromatic rings. The van der Waals surface area contributed by atoms with E-state index in [2.05, 4.69) is 15.7 Å². The fourth-order valence-corrected chi connectivity index (χ4v) is 6.65. The van der Waals surface area contributed by atoms with E-state index in [9.17, 15) is 14.2 Å². The standard InChI is InChI=1S/C25H43N5O9P2/c1-18(2)30(19(3)4)40(37-15-9-12-26)39-22-20(11-17-41(33,34-7)35-8)38-24(23(22)36-16-14-28(5)6)29-13-10-21(31)27-25(29)32/h10-11,13,17-20,22-24H,9,14-16H2,1-8H3,(H,27,31,32)/b17-11+/t20-,22-,23-,24-,40?/m1/s1. The SMILES string of the molecule is COP(=O)(/C=C/[C@H]1O[C@@H](n2ccc(=O)[nH]c2=O)[C@H](OCCN(C)C)[C@@H]1OP(OCCC#N)N(C(C)C)C(C)C)OC. The molecule has 1 N–H and O–H groups in total. The summed E-state index contributed by atoms with van der Waals surface area (Å²) in [4.78, 5) is 28.8. The summed E-state index contributed by atoms with van der Waals surface area (Å²) >= 11 is 0. The Bertz CT molecular complexity index is 1170. The highest BCUT2D eigenvalue weighted by Crippen LogP contribution is 2.52. The molecule has 41 heavy (non-hydrogen) atoms. The van der Waals surface area contributed by atoms with E-state index >= 15 is 0 Å². The fourth-order valence-electron chi connectivity index (χ4n) is 4.12. The first kappa shape index (κ1) is 35.4. The van der Waals surface area contributed by atoms with Crippen LogP contribution in [-0.2, 0) is 32.1 Å². The second-order valence-corrected chi connectivity index (χ2v) is 13.5. The number of rotatable bonds is 17. The van der Waals surface area contributed by atoms with Gasteiger partial charge in [-0.3, -0.25) is 18.9 Å². The summed E-state index contributed by atoms with van der Waals surface area (Å²) in [6.07, 6.45) is -0.653. The lowest BCUT2D eigenvalue weighted by Gasteiger charge is -2.38. The molecule has 0 spiro atoms. The van der Waals surface area contributed by atoms with Crippen LogP contribution in [0.1, 0.15) is 40.3 Å². The molecule has 2 heterocycles. The van der Waals surface area contributed by atoms with Gasteiger partial charge in [0.1, 0.15) is 18.3 Å². The minimum atomic E-state index is -3.58. The van der Waals surface area contributed by atoms with Crippen LogP contribution in [0.4, 0.5) is 0 Å². The molecule has 0 saturated carbocycles. The number of likely N-dealkylation sites (N-methyl/N-ethyl adjacent to an activating group) is 1. The van der Waals surface area contributed by atoms with Gasteiger partial charge in [-0.25, -0.2) is 9.46 Å². The molecule has 5 atom stereocenters. The molecule has 0 bridgehead atoms. The molecule has 1 saturated heterocycles. The number of hydrogen-bond donors (Lipinski definition) is 1. The lowest BCUT2D eigenvalue weighted by Crippen LogP contribution is -2.42. The van der Waals surface area contributed by atoms with Gasteiger partial charge in [-0.15, -0.1) is 0 Å². The van der Waals surface area contributed by atoms with Gasteiger partial charge in [0.2, 0.25) is 0 Å². The molecular formula is C25H43N5O9P2. The van der Waals surface area contributed by atoms with Crippen LogP contribution in [0.5, 0.6) is 0 Å². The molecule has 1 aliphatic heterocycles. The van der Waals surface area contributed by atoms with Crippen molar-refractivity contribution in [1.29, 1.82) is 5.26 Å². The summed E-state index contributed by atoms with van der Waals surface area (Å²) in [6, 6.07) is 3.33. The quantitative estimate of drug-likeness (QED) is 0.201. The summed E-state index contributed by atoms with van der Waals surface area (Å²) in [6.45, 7) is 9.02.